The lowest BCUT2D eigenvalue weighted by atomic mass is 10.3. The van der Waals surface area contributed by atoms with Crippen LogP contribution in [0.15, 0.2) is 29.0 Å². The minimum Gasteiger partial charge on any atom is -0.481 e. The lowest BCUT2D eigenvalue weighted by molar-refractivity contribution is 0.102. The van der Waals surface area contributed by atoms with Gasteiger partial charge in [0.2, 0.25) is 17.7 Å². The quantitative estimate of drug-likeness (QED) is 0.857. The highest BCUT2D eigenvalue weighted by atomic mass is 79.9. The van der Waals surface area contributed by atoms with Crippen molar-refractivity contribution in [3.63, 3.8) is 0 Å². The molecule has 0 saturated carbocycles. The predicted molar refractivity (Wildman–Crippen MR) is 75.0 cm³/mol. The van der Waals surface area contributed by atoms with Gasteiger partial charge in [-0.05, 0) is 28.1 Å². The number of hydrogen-bond donors (Lipinski definition) is 1. The van der Waals surface area contributed by atoms with Crippen molar-refractivity contribution in [3.05, 3.63) is 34.6 Å². The Morgan fingerprint density at radius 2 is 1.90 bits per heavy atom. The molecular weight excluding hydrogens is 328 g/mol. The molecule has 2 aromatic heterocycles. The number of carbonyl (C=O) groups excluding carboxylic acids is 1. The molecule has 7 nitrogen and oxygen atoms in total. The van der Waals surface area contributed by atoms with Gasteiger partial charge in [0, 0.05) is 6.20 Å². The molecule has 2 aromatic rings. The second-order valence-corrected chi connectivity index (χ2v) is 4.32. The van der Waals surface area contributed by atoms with Gasteiger partial charge in [0.1, 0.15) is 4.60 Å². The number of rotatable bonds is 4. The first kappa shape index (κ1) is 14.2. The molecule has 2 rings (SSSR count). The van der Waals surface area contributed by atoms with E-state index < -0.39 is 0 Å². The third-order valence-electron chi connectivity index (χ3n) is 2.33. The number of methoxy groups -OCH3 is 2. The highest BCUT2D eigenvalue weighted by Gasteiger charge is 2.13. The summed E-state index contributed by atoms with van der Waals surface area (Å²) < 4.78 is 10.4. The number of anilines is 1. The average Bonchev–Trinajstić information content (AvgIpc) is 2.47. The lowest BCUT2D eigenvalue weighted by Gasteiger charge is -2.08. The Kier molecular flexibility index (Phi) is 4.46. The van der Waals surface area contributed by atoms with E-state index in [0.29, 0.717) is 10.2 Å². The highest BCUT2D eigenvalue weighted by Crippen LogP contribution is 2.19. The summed E-state index contributed by atoms with van der Waals surface area (Å²) in [6, 6.07) is 4.80. The maximum absolute atomic E-state index is 12.1. The number of nitrogens with zero attached hydrogens (tertiary/aromatic N) is 3. The molecule has 0 unspecified atom stereocenters. The molecule has 0 aliphatic carbocycles. The van der Waals surface area contributed by atoms with Gasteiger partial charge in [-0.3, -0.25) is 10.1 Å². The Morgan fingerprint density at radius 1 is 1.25 bits per heavy atom. The fourth-order valence-corrected chi connectivity index (χ4v) is 1.82. The van der Waals surface area contributed by atoms with Crippen molar-refractivity contribution in [3.8, 4) is 11.8 Å². The van der Waals surface area contributed by atoms with E-state index in [-0.39, 0.29) is 23.6 Å². The van der Waals surface area contributed by atoms with Crippen molar-refractivity contribution in [2.24, 2.45) is 0 Å². The molecule has 20 heavy (non-hydrogen) atoms. The van der Waals surface area contributed by atoms with Gasteiger partial charge in [-0.2, -0.15) is 9.97 Å². The number of nitrogens with one attached hydrogen (secondary N) is 1. The number of carbonyl (C=O) groups is 1. The van der Waals surface area contributed by atoms with Crippen molar-refractivity contribution in [1.82, 2.24) is 15.0 Å². The molecule has 0 fully saturated rings. The number of ether oxygens (including phenoxy) is 2. The van der Waals surface area contributed by atoms with Crippen LogP contribution >= 0.6 is 15.9 Å². The summed E-state index contributed by atoms with van der Waals surface area (Å²) in [6.07, 6.45) is 1.58. The first-order valence-corrected chi connectivity index (χ1v) is 6.32. The van der Waals surface area contributed by atoms with Gasteiger partial charge >= 0.3 is 0 Å². The van der Waals surface area contributed by atoms with E-state index in [1.165, 1.54) is 20.3 Å². The minimum absolute atomic E-state index is 0.0851. The fourth-order valence-electron chi connectivity index (χ4n) is 1.39. The van der Waals surface area contributed by atoms with Crippen LogP contribution in [0.25, 0.3) is 0 Å². The zero-order chi connectivity index (χ0) is 14.5. The molecule has 0 aliphatic rings. The van der Waals surface area contributed by atoms with Gasteiger partial charge in [0.15, 0.2) is 0 Å². The van der Waals surface area contributed by atoms with Crippen molar-refractivity contribution < 1.29 is 14.3 Å². The Hall–Kier alpha value is -2.22. The maximum Gasteiger partial charge on any atom is 0.260 e. The standard InChI is InChI=1S/C12H11BrN4O3/c1-19-8-6-9(20-2)16-12(15-8)17-11(18)7-4-3-5-14-10(7)13/h3-6H,1-2H3,(H,15,16,17,18). The first-order chi connectivity index (χ1) is 9.63. The number of pyridine rings is 1. The Balaban J connectivity index is 2.26. The molecule has 0 spiro atoms. The zero-order valence-electron chi connectivity index (χ0n) is 10.8. The molecule has 0 aromatic carbocycles. The number of hydrogen-bond acceptors (Lipinski definition) is 6. The Morgan fingerprint density at radius 3 is 2.45 bits per heavy atom. The molecule has 0 atom stereocenters. The van der Waals surface area contributed by atoms with Crippen LogP contribution in [-0.2, 0) is 0 Å². The second-order valence-electron chi connectivity index (χ2n) is 3.57. The van der Waals surface area contributed by atoms with E-state index >= 15 is 0 Å². The molecule has 104 valence electrons. The Bertz CT molecular complexity index is 614. The van der Waals surface area contributed by atoms with E-state index in [9.17, 15) is 4.79 Å². The van der Waals surface area contributed by atoms with Crippen LogP contribution in [0.4, 0.5) is 5.95 Å². The lowest BCUT2D eigenvalue weighted by Crippen LogP contribution is -2.15. The summed E-state index contributed by atoms with van der Waals surface area (Å²) in [6.45, 7) is 0. The first-order valence-electron chi connectivity index (χ1n) is 5.53. The topological polar surface area (TPSA) is 86.2 Å². The van der Waals surface area contributed by atoms with E-state index in [1.807, 2.05) is 0 Å². The third kappa shape index (κ3) is 3.21. The predicted octanol–water partition coefficient (Wildman–Crippen LogP) is 1.90. The molecule has 8 heteroatoms. The van der Waals surface area contributed by atoms with Crippen LogP contribution in [-0.4, -0.2) is 35.1 Å². The summed E-state index contributed by atoms with van der Waals surface area (Å²) in [7, 11) is 2.93. The molecule has 0 saturated heterocycles. The van der Waals surface area contributed by atoms with Crippen LogP contribution in [0.2, 0.25) is 0 Å². The Labute approximate surface area is 123 Å². The van der Waals surface area contributed by atoms with Crippen molar-refractivity contribution in [2.45, 2.75) is 0 Å². The monoisotopic (exact) mass is 338 g/mol. The zero-order valence-corrected chi connectivity index (χ0v) is 12.3. The largest absolute Gasteiger partial charge is 0.481 e. The molecule has 1 amide bonds. The normalized spacial score (nSPS) is 9.95. The smallest absolute Gasteiger partial charge is 0.260 e. The molecule has 1 N–H and O–H groups in total. The van der Waals surface area contributed by atoms with Crippen molar-refractivity contribution in [2.75, 3.05) is 19.5 Å². The number of amides is 1. The van der Waals surface area contributed by atoms with E-state index in [0.717, 1.165) is 0 Å². The summed E-state index contributed by atoms with van der Waals surface area (Å²) in [5, 5.41) is 2.56. The van der Waals surface area contributed by atoms with Gasteiger partial charge in [-0.25, -0.2) is 4.98 Å². The summed E-state index contributed by atoms with van der Waals surface area (Å²) >= 11 is 3.20. The molecule has 0 aliphatic heterocycles. The molecule has 0 bridgehead atoms. The minimum atomic E-state index is -0.389. The van der Waals surface area contributed by atoms with Gasteiger partial charge in [0.05, 0.1) is 25.8 Å². The summed E-state index contributed by atoms with van der Waals surface area (Å²) in [5.74, 6) is 0.275. The molecule has 2 heterocycles. The van der Waals surface area contributed by atoms with Crippen LogP contribution in [0.5, 0.6) is 11.8 Å². The van der Waals surface area contributed by atoms with Crippen LogP contribution in [0, 0.1) is 0 Å². The van der Waals surface area contributed by atoms with E-state index in [1.54, 1.807) is 18.3 Å². The highest BCUT2D eigenvalue weighted by molar-refractivity contribution is 9.10. The fraction of sp³-hybridized carbons (Fsp3) is 0.167. The molecular formula is C12H11BrN4O3. The van der Waals surface area contributed by atoms with Crippen LogP contribution < -0.4 is 14.8 Å². The number of aromatic nitrogens is 3. The van der Waals surface area contributed by atoms with Crippen LogP contribution in [0.3, 0.4) is 0 Å². The van der Waals surface area contributed by atoms with Crippen molar-refractivity contribution >= 4 is 27.8 Å². The van der Waals surface area contributed by atoms with Crippen LogP contribution in [0.1, 0.15) is 10.4 Å². The van der Waals surface area contributed by atoms with Gasteiger partial charge in [-0.1, -0.05) is 0 Å². The number of halogens is 1. The average molecular weight is 339 g/mol. The van der Waals surface area contributed by atoms with E-state index in [4.69, 9.17) is 9.47 Å². The van der Waals surface area contributed by atoms with Gasteiger partial charge in [0.25, 0.3) is 5.91 Å². The molecule has 0 radical (unpaired) electrons. The van der Waals surface area contributed by atoms with Crippen molar-refractivity contribution in [1.29, 1.82) is 0 Å². The van der Waals surface area contributed by atoms with Gasteiger partial charge in [-0.15, -0.1) is 0 Å². The third-order valence-corrected chi connectivity index (χ3v) is 2.96. The SMILES string of the molecule is COc1cc(OC)nc(NC(=O)c2cccnc2Br)n1. The van der Waals surface area contributed by atoms with E-state index in [2.05, 4.69) is 36.2 Å². The summed E-state index contributed by atoms with van der Waals surface area (Å²) in [4.78, 5) is 24.1. The van der Waals surface area contributed by atoms with Gasteiger partial charge < -0.3 is 9.47 Å². The summed E-state index contributed by atoms with van der Waals surface area (Å²) in [5.41, 5.74) is 0.373. The second kappa shape index (κ2) is 6.29. The maximum atomic E-state index is 12.1.